The molecule has 14 heteroatoms. The molecule has 0 bridgehead atoms. The van der Waals surface area contributed by atoms with Crippen LogP contribution in [0.1, 0.15) is 23.1 Å². The van der Waals surface area contributed by atoms with E-state index < -0.39 is 39.4 Å². The van der Waals surface area contributed by atoms with Crippen LogP contribution in [0, 0.1) is 0 Å². The van der Waals surface area contributed by atoms with Crippen molar-refractivity contribution in [3.05, 3.63) is 108 Å². The second-order valence-electron chi connectivity index (χ2n) is 17.1. The molecule has 0 heterocycles. The van der Waals surface area contributed by atoms with Gasteiger partial charge in [-0.15, -0.1) is 0 Å². The van der Waals surface area contributed by atoms with E-state index in [4.69, 9.17) is 45.5 Å². The summed E-state index contributed by atoms with van der Waals surface area (Å²) in [6.45, 7) is 26.5. The zero-order valence-electron chi connectivity index (χ0n) is 36.4. The van der Waals surface area contributed by atoms with Gasteiger partial charge in [0.25, 0.3) is 0 Å². The molecule has 0 aromatic heterocycles. The van der Waals surface area contributed by atoms with Gasteiger partial charge in [0.1, 0.15) is 5.60 Å². The van der Waals surface area contributed by atoms with Gasteiger partial charge in [0.05, 0.1) is 52.9 Å². The van der Waals surface area contributed by atoms with Gasteiger partial charge in [0.2, 0.25) is 0 Å². The SMILES string of the molecule is C[Si](C)(C)O[Si](CCCOCCOCCOCCOCCOCCOCCOC(c1ccccc1)(c1ccccc1)c1ccccc1)(O[Si](C)(C)C)O[SiH-](C)(C)C. The van der Waals surface area contributed by atoms with Crippen molar-refractivity contribution in [2.75, 3.05) is 85.9 Å². The Morgan fingerprint density at radius 2 is 0.719 bits per heavy atom. The summed E-state index contributed by atoms with van der Waals surface area (Å²) in [7, 11) is -8.72. The predicted molar refractivity (Wildman–Crippen MR) is 240 cm³/mol. The molecule has 0 unspecified atom stereocenters. The molecular formula is C43H73O10Si4-. The molecule has 0 atom stereocenters. The first-order valence-electron chi connectivity index (χ1n) is 20.8. The molecule has 10 nitrogen and oxygen atoms in total. The molecule has 3 aromatic rings. The van der Waals surface area contributed by atoms with Crippen LogP contribution in [0.4, 0.5) is 0 Å². The normalized spacial score (nSPS) is 13.3. The van der Waals surface area contributed by atoms with Crippen LogP contribution in [0.25, 0.3) is 0 Å². The van der Waals surface area contributed by atoms with Crippen molar-refractivity contribution in [1.29, 1.82) is 0 Å². The molecule has 57 heavy (non-hydrogen) atoms. The summed E-state index contributed by atoms with van der Waals surface area (Å²) in [5.41, 5.74) is 2.46. The Morgan fingerprint density at radius 3 is 1.02 bits per heavy atom. The Balaban J connectivity index is 1.19. The standard InChI is InChI=1S/C43H73O10Si4/c1-54(2,3)51-57(52-55(4,5)6,53-56(7,8)9)39-19-26-44-27-28-45-29-30-46-31-32-47-33-34-48-35-36-49-37-38-50-43(40-20-13-10-14-21-40,41-22-15-11-16-23-41)42-24-17-12-18-25-42/h10-18,20-25,54H,19,26-39H2,1-9H3/q-1. The summed E-state index contributed by atoms with van der Waals surface area (Å²) in [5.74, 6) is 0. The molecule has 0 spiro atoms. The fourth-order valence-corrected chi connectivity index (χ4v) is 21.7. The van der Waals surface area contributed by atoms with Crippen LogP contribution < -0.4 is 0 Å². The van der Waals surface area contributed by atoms with Crippen LogP contribution in [-0.4, -0.2) is 120 Å². The molecule has 0 N–H and O–H groups in total. The zero-order chi connectivity index (χ0) is 41.5. The average Bonchev–Trinajstić information content (AvgIpc) is 3.14. The Morgan fingerprint density at radius 1 is 0.421 bits per heavy atom. The number of ether oxygens (including phenoxy) is 7. The summed E-state index contributed by atoms with van der Waals surface area (Å²) >= 11 is 0. The second kappa shape index (κ2) is 25.7. The fourth-order valence-electron chi connectivity index (χ4n) is 6.32. The third kappa shape index (κ3) is 20.3. The van der Waals surface area contributed by atoms with Crippen molar-refractivity contribution in [1.82, 2.24) is 0 Å². The fraction of sp³-hybridized carbons (Fsp3) is 0.581. The topological polar surface area (TPSA) is 92.3 Å². The zero-order valence-corrected chi connectivity index (χ0v) is 40.6. The van der Waals surface area contributed by atoms with Gasteiger partial charge < -0.3 is 18.9 Å². The van der Waals surface area contributed by atoms with Gasteiger partial charge in [-0.05, 0) is 16.7 Å². The molecular weight excluding hydrogens is 789 g/mol. The van der Waals surface area contributed by atoms with Crippen molar-refractivity contribution < 1.29 is 45.5 Å². The van der Waals surface area contributed by atoms with Gasteiger partial charge in [-0.2, -0.15) is 0 Å². The van der Waals surface area contributed by atoms with Crippen molar-refractivity contribution in [3.8, 4) is 0 Å². The third-order valence-corrected chi connectivity index (χ3v) is 20.8. The van der Waals surface area contributed by atoms with Crippen LogP contribution in [-0.2, 0) is 51.1 Å². The summed E-state index contributed by atoms with van der Waals surface area (Å²) in [4.78, 5) is 0. The van der Waals surface area contributed by atoms with E-state index >= 15 is 0 Å². The molecule has 0 aliphatic rings. The summed E-state index contributed by atoms with van der Waals surface area (Å²) in [5, 5.41) is 0. The van der Waals surface area contributed by atoms with Crippen molar-refractivity contribution in [2.24, 2.45) is 0 Å². The van der Waals surface area contributed by atoms with E-state index in [0.29, 0.717) is 85.9 Å². The number of hydrogen-bond donors (Lipinski definition) is 0. The third-order valence-electron chi connectivity index (χ3n) is 8.18. The Labute approximate surface area is 348 Å². The number of hydrogen-bond acceptors (Lipinski definition) is 10. The van der Waals surface area contributed by atoms with Gasteiger partial charge in [-0.3, -0.25) is 0 Å². The van der Waals surface area contributed by atoms with Crippen LogP contribution in [0.2, 0.25) is 65.0 Å². The van der Waals surface area contributed by atoms with Gasteiger partial charge in [0, 0.05) is 0 Å². The van der Waals surface area contributed by atoms with Gasteiger partial charge in [-0.25, -0.2) is 0 Å². The molecule has 0 saturated heterocycles. The molecule has 322 valence electrons. The molecule has 0 fully saturated rings. The van der Waals surface area contributed by atoms with Crippen molar-refractivity contribution in [3.63, 3.8) is 0 Å². The van der Waals surface area contributed by atoms with E-state index in [9.17, 15) is 0 Å². The van der Waals surface area contributed by atoms with Crippen molar-refractivity contribution >= 4 is 33.8 Å². The Bertz CT molecular complexity index is 1310. The summed E-state index contributed by atoms with van der Waals surface area (Å²) in [6, 6.07) is 31.9. The molecule has 0 amide bonds. The van der Waals surface area contributed by atoms with E-state index in [-0.39, 0.29) is 0 Å². The Hall–Kier alpha value is -1.87. The predicted octanol–water partition coefficient (Wildman–Crippen LogP) is 8.71. The van der Waals surface area contributed by atoms with E-state index in [0.717, 1.165) is 29.2 Å². The van der Waals surface area contributed by atoms with E-state index in [1.54, 1.807) is 0 Å². The minimum atomic E-state index is -2.80. The van der Waals surface area contributed by atoms with Crippen LogP contribution in [0.3, 0.4) is 0 Å². The number of benzene rings is 3. The summed E-state index contributed by atoms with van der Waals surface area (Å²) < 4.78 is 61.4. The minimum absolute atomic E-state index is 0.419. The maximum absolute atomic E-state index is 6.77. The quantitative estimate of drug-likeness (QED) is 0.0345. The monoisotopic (exact) mass is 861 g/mol. The van der Waals surface area contributed by atoms with E-state index in [1.165, 1.54) is 0 Å². The molecule has 0 aliphatic heterocycles. The van der Waals surface area contributed by atoms with Gasteiger partial charge >= 0.3 is 165 Å². The molecule has 0 aliphatic carbocycles. The van der Waals surface area contributed by atoms with Crippen LogP contribution in [0.5, 0.6) is 0 Å². The first-order valence-corrected chi connectivity index (χ1v) is 33.5. The van der Waals surface area contributed by atoms with Gasteiger partial charge in [0.15, 0.2) is 0 Å². The Kier molecular flexibility index (Phi) is 22.3. The van der Waals surface area contributed by atoms with Gasteiger partial charge in [-0.1, -0.05) is 91.0 Å². The molecule has 3 aromatic carbocycles. The van der Waals surface area contributed by atoms with Crippen LogP contribution >= 0.6 is 0 Å². The maximum atomic E-state index is 6.77. The second-order valence-corrected chi connectivity index (χ2v) is 34.8. The van der Waals surface area contributed by atoms with E-state index in [1.807, 2.05) is 54.6 Å². The average molecular weight is 862 g/mol. The first kappa shape index (κ1) is 49.5. The van der Waals surface area contributed by atoms with Crippen LogP contribution in [0.15, 0.2) is 91.0 Å². The molecule has 0 radical (unpaired) electrons. The van der Waals surface area contributed by atoms with E-state index in [2.05, 4.69) is 95.3 Å². The summed E-state index contributed by atoms with van der Waals surface area (Å²) in [6.07, 6.45) is 0.842. The van der Waals surface area contributed by atoms with Crippen molar-refractivity contribution in [2.45, 2.75) is 77.0 Å². The first-order chi connectivity index (χ1) is 27.1. The molecule has 0 saturated carbocycles. The number of rotatable bonds is 32. The molecule has 3 rings (SSSR count).